The number of Topliss-reactive ketones (excluding diaryl/α,β-unsaturated/α-hetero) is 2. The smallest absolute Gasteiger partial charge is 0.323 e. The number of likely N-dealkylation sites (tertiary alicyclic amines) is 1. The zero-order valence-electron chi connectivity index (χ0n) is 25.4. The van der Waals surface area contributed by atoms with E-state index in [0.29, 0.717) is 28.3 Å². The molecule has 0 atom stereocenters. The van der Waals surface area contributed by atoms with Crippen molar-refractivity contribution in [3.8, 4) is 11.5 Å². The van der Waals surface area contributed by atoms with Gasteiger partial charge in [0.25, 0.3) is 0 Å². The first-order valence-corrected chi connectivity index (χ1v) is 14.9. The molecule has 2 aliphatic heterocycles. The average molecular weight is 593 g/mol. The number of nitrogens with one attached hydrogen (secondary N) is 2. The Morgan fingerprint density at radius 2 is 1.70 bits per heavy atom. The minimum Gasteiger partial charge on any atom is -0.497 e. The van der Waals surface area contributed by atoms with Crippen molar-refractivity contribution in [1.82, 2.24) is 9.47 Å². The number of allylic oxidation sites excluding steroid dienone is 1. The molecule has 3 aromatic carbocycles. The first kappa shape index (κ1) is 29.2. The predicted octanol–water partition coefficient (Wildman–Crippen LogP) is 6.76. The number of piperidine rings is 1. The second-order valence-corrected chi connectivity index (χ2v) is 11.4. The summed E-state index contributed by atoms with van der Waals surface area (Å²) >= 11 is 0. The molecule has 1 aromatic heterocycles. The zero-order chi connectivity index (χ0) is 31.0. The molecule has 2 aliphatic rings. The van der Waals surface area contributed by atoms with Crippen LogP contribution in [0.15, 0.2) is 66.4 Å². The van der Waals surface area contributed by atoms with Crippen LogP contribution in [0, 0.1) is 12.8 Å². The second kappa shape index (κ2) is 12.0. The molecule has 226 valence electrons. The lowest BCUT2D eigenvalue weighted by molar-refractivity contribution is 0.0856. The molecule has 1 fully saturated rings. The summed E-state index contributed by atoms with van der Waals surface area (Å²) in [5.74, 6) is 1.33. The van der Waals surface area contributed by atoms with Gasteiger partial charge < -0.3 is 29.6 Å². The average Bonchev–Trinajstić information content (AvgIpc) is 3.48. The summed E-state index contributed by atoms with van der Waals surface area (Å²) in [6, 6.07) is 17.4. The fraction of sp³-hybridized carbons (Fsp3) is 0.286. The molecule has 9 heteroatoms. The molecule has 0 unspecified atom stereocenters. The number of aryl methyl sites for hydroxylation is 1. The Hall–Kier alpha value is -4.89. The molecular formula is C35H36N4O5. The molecule has 3 heterocycles. The Labute approximate surface area is 256 Å². The third-order valence-electron chi connectivity index (χ3n) is 8.61. The molecule has 4 aromatic rings. The van der Waals surface area contributed by atoms with Gasteiger partial charge in [-0.2, -0.15) is 0 Å². The number of amides is 2. The van der Waals surface area contributed by atoms with Crippen molar-refractivity contribution in [2.24, 2.45) is 5.92 Å². The highest BCUT2D eigenvalue weighted by molar-refractivity contribution is 6.16. The van der Waals surface area contributed by atoms with E-state index in [2.05, 4.69) is 34.1 Å². The molecule has 2 N–H and O–H groups in total. The molecule has 2 amide bonds. The number of aromatic nitrogens is 1. The van der Waals surface area contributed by atoms with Crippen molar-refractivity contribution in [3.05, 3.63) is 88.8 Å². The number of benzene rings is 3. The minimum atomic E-state index is -0.460. The monoisotopic (exact) mass is 592 g/mol. The van der Waals surface area contributed by atoms with Gasteiger partial charge >= 0.3 is 6.03 Å². The Morgan fingerprint density at radius 3 is 2.41 bits per heavy atom. The van der Waals surface area contributed by atoms with Gasteiger partial charge in [0.1, 0.15) is 11.5 Å². The molecule has 1 saturated heterocycles. The van der Waals surface area contributed by atoms with Crippen LogP contribution in [0.3, 0.4) is 0 Å². The Morgan fingerprint density at radius 1 is 1.00 bits per heavy atom. The minimum absolute atomic E-state index is 0.0411. The third-order valence-corrected chi connectivity index (χ3v) is 8.61. The number of anilines is 2. The van der Waals surface area contributed by atoms with Crippen LogP contribution in [0.25, 0.3) is 17.0 Å². The Balaban J connectivity index is 1.14. The number of hydrogen-bond acceptors (Lipinski definition) is 6. The van der Waals surface area contributed by atoms with Crippen LogP contribution in [0.1, 0.15) is 51.7 Å². The van der Waals surface area contributed by atoms with E-state index < -0.39 is 6.03 Å². The first-order valence-electron chi connectivity index (χ1n) is 14.9. The molecule has 0 spiro atoms. The molecular weight excluding hydrogens is 556 g/mol. The number of rotatable bonds is 7. The van der Waals surface area contributed by atoms with E-state index in [4.69, 9.17) is 9.47 Å². The standard InChI is InChI=1S/C35H36N4O5/c1-5-39-21(2)27(28-19-26(43-4)11-12-30(28)39)20-32-34(41)29-18-25(10-13-31(29)44-32)37-35(42)36-24-8-6-22(7-9-24)33(40)23-14-16-38(3)17-15-23/h6-13,18-20,23H,5,14-17H2,1-4H3,(H2,36,37,42). The fourth-order valence-corrected chi connectivity index (χ4v) is 6.12. The van der Waals surface area contributed by atoms with E-state index >= 15 is 0 Å². The van der Waals surface area contributed by atoms with Crippen molar-refractivity contribution in [2.75, 3.05) is 37.9 Å². The summed E-state index contributed by atoms with van der Waals surface area (Å²) in [6.07, 6.45) is 3.51. The zero-order valence-corrected chi connectivity index (χ0v) is 25.4. The molecule has 0 radical (unpaired) electrons. The van der Waals surface area contributed by atoms with Crippen molar-refractivity contribution >= 4 is 46.0 Å². The molecule has 44 heavy (non-hydrogen) atoms. The molecule has 9 nitrogen and oxygen atoms in total. The number of nitrogens with zero attached hydrogens (tertiary/aromatic N) is 2. The second-order valence-electron chi connectivity index (χ2n) is 11.4. The van der Waals surface area contributed by atoms with Crippen LogP contribution in [-0.2, 0) is 6.54 Å². The number of carbonyl (C=O) groups is 3. The molecule has 0 saturated carbocycles. The summed E-state index contributed by atoms with van der Waals surface area (Å²) < 4.78 is 13.6. The number of ketones is 2. The van der Waals surface area contributed by atoms with Gasteiger partial charge in [0.2, 0.25) is 5.78 Å². The van der Waals surface area contributed by atoms with E-state index in [1.807, 2.05) is 25.1 Å². The third kappa shape index (κ3) is 5.58. The number of methoxy groups -OCH3 is 1. The van der Waals surface area contributed by atoms with E-state index in [-0.39, 0.29) is 23.2 Å². The quantitative estimate of drug-likeness (QED) is 0.182. The number of hydrogen-bond donors (Lipinski definition) is 2. The summed E-state index contributed by atoms with van der Waals surface area (Å²) in [5, 5.41) is 6.56. The topological polar surface area (TPSA) is 102 Å². The highest BCUT2D eigenvalue weighted by Crippen LogP contribution is 2.37. The number of urea groups is 1. The van der Waals surface area contributed by atoms with Gasteiger partial charge in [-0.15, -0.1) is 0 Å². The van der Waals surface area contributed by atoms with Crippen molar-refractivity contribution < 1.29 is 23.9 Å². The van der Waals surface area contributed by atoms with Crippen LogP contribution in [0.2, 0.25) is 0 Å². The molecule has 6 rings (SSSR count). The van der Waals surface area contributed by atoms with Gasteiger partial charge in [0.15, 0.2) is 11.5 Å². The van der Waals surface area contributed by atoms with Crippen LogP contribution >= 0.6 is 0 Å². The maximum atomic E-state index is 13.4. The van der Waals surface area contributed by atoms with Gasteiger partial charge in [-0.05, 0) is 114 Å². The maximum Gasteiger partial charge on any atom is 0.323 e. The van der Waals surface area contributed by atoms with Crippen LogP contribution in [0.4, 0.5) is 16.2 Å². The van der Waals surface area contributed by atoms with E-state index in [1.165, 1.54) is 0 Å². The Bertz CT molecular complexity index is 1800. The first-order chi connectivity index (χ1) is 21.2. The summed E-state index contributed by atoms with van der Waals surface area (Å²) in [4.78, 5) is 41.3. The highest BCUT2D eigenvalue weighted by atomic mass is 16.5. The lowest BCUT2D eigenvalue weighted by atomic mass is 9.89. The van der Waals surface area contributed by atoms with Gasteiger partial charge in [0.05, 0.1) is 12.7 Å². The van der Waals surface area contributed by atoms with Gasteiger partial charge in [0, 0.05) is 51.6 Å². The van der Waals surface area contributed by atoms with Crippen molar-refractivity contribution in [1.29, 1.82) is 0 Å². The lowest BCUT2D eigenvalue weighted by Crippen LogP contribution is -2.33. The van der Waals surface area contributed by atoms with Gasteiger partial charge in [-0.1, -0.05) is 0 Å². The van der Waals surface area contributed by atoms with Crippen LogP contribution < -0.4 is 20.1 Å². The number of ether oxygens (including phenoxy) is 2. The van der Waals surface area contributed by atoms with Crippen LogP contribution in [-0.4, -0.2) is 54.3 Å². The Kier molecular flexibility index (Phi) is 7.97. The maximum absolute atomic E-state index is 13.4. The number of fused-ring (bicyclic) bond motifs is 2. The van der Waals surface area contributed by atoms with E-state index in [9.17, 15) is 14.4 Å². The largest absolute Gasteiger partial charge is 0.497 e. The summed E-state index contributed by atoms with van der Waals surface area (Å²) in [7, 11) is 3.70. The normalized spacial score (nSPS) is 16.2. The fourth-order valence-electron chi connectivity index (χ4n) is 6.12. The molecule has 0 aliphatic carbocycles. The molecule has 0 bridgehead atoms. The predicted molar refractivity (Wildman–Crippen MR) is 172 cm³/mol. The van der Waals surface area contributed by atoms with Crippen molar-refractivity contribution in [2.45, 2.75) is 33.2 Å². The lowest BCUT2D eigenvalue weighted by Gasteiger charge is -2.28. The van der Waals surface area contributed by atoms with E-state index in [1.54, 1.807) is 55.7 Å². The van der Waals surface area contributed by atoms with Gasteiger partial charge in [-0.25, -0.2) is 4.79 Å². The van der Waals surface area contributed by atoms with Gasteiger partial charge in [-0.3, -0.25) is 9.59 Å². The SMILES string of the molecule is CCn1c(C)c(C=C2Oc3ccc(NC(=O)Nc4ccc(C(=O)C5CCN(C)CC5)cc4)cc3C2=O)c2cc(OC)ccc21. The van der Waals surface area contributed by atoms with E-state index in [0.717, 1.165) is 60.4 Å². The van der Waals surface area contributed by atoms with Crippen molar-refractivity contribution in [3.63, 3.8) is 0 Å². The number of carbonyl (C=O) groups excluding carboxylic acids is 3. The highest BCUT2D eigenvalue weighted by Gasteiger charge is 2.29. The van der Waals surface area contributed by atoms with Crippen LogP contribution in [0.5, 0.6) is 11.5 Å². The summed E-state index contributed by atoms with van der Waals surface area (Å²) in [5.41, 5.74) is 5.02. The summed E-state index contributed by atoms with van der Waals surface area (Å²) in [6.45, 7) is 6.74.